The van der Waals surface area contributed by atoms with Crippen LogP contribution in [0, 0.1) is 0 Å². The summed E-state index contributed by atoms with van der Waals surface area (Å²) in [4.78, 5) is 10.9. The Bertz CT molecular complexity index is 380. The van der Waals surface area contributed by atoms with E-state index < -0.39 is 12.0 Å². The third kappa shape index (κ3) is 2.77. The largest absolute Gasteiger partial charge is 0.488 e. The van der Waals surface area contributed by atoms with Gasteiger partial charge in [-0.1, -0.05) is 25.1 Å². The van der Waals surface area contributed by atoms with Gasteiger partial charge in [0.1, 0.15) is 17.9 Å². The fourth-order valence-electron chi connectivity index (χ4n) is 2.05. The zero-order valence-electron chi connectivity index (χ0n) is 9.85. The number of ether oxygens (including phenoxy) is 1. The molecule has 92 valence electrons. The normalized spacial score (nSPS) is 19.5. The highest BCUT2D eigenvalue weighted by Gasteiger charge is 2.24. The molecule has 1 heterocycles. The monoisotopic (exact) mass is 235 g/mol. The molecule has 0 amide bonds. The Hall–Kier alpha value is -1.55. The molecule has 0 aromatic heterocycles. The van der Waals surface area contributed by atoms with Crippen LogP contribution in [-0.4, -0.2) is 29.8 Å². The van der Waals surface area contributed by atoms with Gasteiger partial charge < -0.3 is 15.2 Å². The lowest BCUT2D eigenvalue weighted by Crippen LogP contribution is -2.41. The first-order valence-corrected chi connectivity index (χ1v) is 5.91. The number of carbonyl (C=O) groups is 1. The highest BCUT2D eigenvalue weighted by molar-refractivity contribution is 5.73. The van der Waals surface area contributed by atoms with E-state index >= 15 is 0 Å². The summed E-state index contributed by atoms with van der Waals surface area (Å²) in [5.74, 6) is 0.116. The van der Waals surface area contributed by atoms with Crippen LogP contribution in [0.3, 0.4) is 0 Å². The fourth-order valence-corrected chi connectivity index (χ4v) is 2.05. The highest BCUT2D eigenvalue weighted by Crippen LogP contribution is 2.27. The Morgan fingerprint density at radius 1 is 1.59 bits per heavy atom. The minimum absolute atomic E-state index is 0.0424. The van der Waals surface area contributed by atoms with E-state index in [0.29, 0.717) is 13.0 Å². The maximum Gasteiger partial charge on any atom is 0.320 e. The third-order valence-corrected chi connectivity index (χ3v) is 3.01. The average molecular weight is 235 g/mol. The van der Waals surface area contributed by atoms with Crippen molar-refractivity contribution in [1.82, 2.24) is 5.32 Å². The molecule has 2 rings (SSSR count). The van der Waals surface area contributed by atoms with Gasteiger partial charge in [-0.25, -0.2) is 0 Å². The van der Waals surface area contributed by atoms with Gasteiger partial charge in [-0.2, -0.15) is 0 Å². The predicted octanol–water partition coefficient (Wildman–Crippen LogP) is 1.44. The molecule has 1 aromatic rings. The van der Waals surface area contributed by atoms with Gasteiger partial charge in [-0.15, -0.1) is 0 Å². The molecule has 17 heavy (non-hydrogen) atoms. The van der Waals surface area contributed by atoms with E-state index in [1.807, 2.05) is 31.2 Å². The first-order valence-electron chi connectivity index (χ1n) is 5.91. The molecule has 2 atom stereocenters. The fraction of sp³-hybridized carbons (Fsp3) is 0.462. The maximum atomic E-state index is 10.9. The number of rotatable bonds is 5. The Morgan fingerprint density at radius 2 is 2.35 bits per heavy atom. The molecule has 0 fully saturated rings. The quantitative estimate of drug-likeness (QED) is 0.811. The molecule has 0 radical (unpaired) electrons. The zero-order chi connectivity index (χ0) is 12.3. The number of para-hydroxylation sites is 1. The van der Waals surface area contributed by atoms with Crippen molar-refractivity contribution in [2.24, 2.45) is 0 Å². The summed E-state index contributed by atoms with van der Waals surface area (Å²) in [7, 11) is 0. The van der Waals surface area contributed by atoms with Crippen LogP contribution in [0.4, 0.5) is 0 Å². The summed E-state index contributed by atoms with van der Waals surface area (Å²) in [6, 6.07) is 7.45. The molecule has 0 saturated carbocycles. The van der Waals surface area contributed by atoms with Gasteiger partial charge in [-0.3, -0.25) is 4.79 Å². The number of carboxylic acid groups (broad SMARTS) is 1. The highest BCUT2D eigenvalue weighted by atomic mass is 16.5. The molecule has 0 aliphatic carbocycles. The predicted molar refractivity (Wildman–Crippen MR) is 64.3 cm³/mol. The van der Waals surface area contributed by atoms with Crippen molar-refractivity contribution >= 4 is 5.97 Å². The number of hydrogen-bond acceptors (Lipinski definition) is 3. The average Bonchev–Trinajstić information content (AvgIpc) is 2.71. The van der Waals surface area contributed by atoms with E-state index in [4.69, 9.17) is 9.84 Å². The molecular weight excluding hydrogens is 218 g/mol. The van der Waals surface area contributed by atoms with E-state index in [0.717, 1.165) is 12.2 Å². The Labute approximate surface area is 101 Å². The number of hydrogen-bond donors (Lipinski definition) is 2. The zero-order valence-corrected chi connectivity index (χ0v) is 9.85. The van der Waals surface area contributed by atoms with E-state index in [1.165, 1.54) is 5.56 Å². The second-order valence-corrected chi connectivity index (χ2v) is 4.26. The van der Waals surface area contributed by atoms with Crippen molar-refractivity contribution in [3.05, 3.63) is 29.8 Å². The van der Waals surface area contributed by atoms with Crippen LogP contribution in [0.1, 0.15) is 18.9 Å². The lowest BCUT2D eigenvalue weighted by Gasteiger charge is -2.16. The van der Waals surface area contributed by atoms with E-state index in [2.05, 4.69) is 5.32 Å². The van der Waals surface area contributed by atoms with Gasteiger partial charge in [0, 0.05) is 13.0 Å². The maximum absolute atomic E-state index is 10.9. The molecule has 1 aliphatic rings. The van der Waals surface area contributed by atoms with Gasteiger partial charge in [-0.05, 0) is 18.1 Å². The van der Waals surface area contributed by atoms with Crippen LogP contribution in [0.2, 0.25) is 0 Å². The lowest BCUT2D eigenvalue weighted by atomic mass is 10.1. The molecular formula is C13H17NO3. The van der Waals surface area contributed by atoms with E-state index in [9.17, 15) is 4.79 Å². The second kappa shape index (κ2) is 5.19. The molecule has 2 N–H and O–H groups in total. The Morgan fingerprint density at radius 3 is 3.00 bits per heavy atom. The SMILES string of the molecule is CCC(NCC1Cc2ccccc2O1)C(=O)O. The number of benzene rings is 1. The minimum atomic E-state index is -0.803. The van der Waals surface area contributed by atoms with Crippen LogP contribution >= 0.6 is 0 Å². The lowest BCUT2D eigenvalue weighted by molar-refractivity contribution is -0.139. The van der Waals surface area contributed by atoms with E-state index in [-0.39, 0.29) is 6.10 Å². The van der Waals surface area contributed by atoms with Crippen molar-refractivity contribution in [3.63, 3.8) is 0 Å². The topological polar surface area (TPSA) is 58.6 Å². The van der Waals surface area contributed by atoms with Crippen LogP contribution in [0.5, 0.6) is 5.75 Å². The summed E-state index contributed by atoms with van der Waals surface area (Å²) >= 11 is 0. The number of aliphatic carboxylic acids is 1. The number of carboxylic acids is 1. The second-order valence-electron chi connectivity index (χ2n) is 4.26. The first kappa shape index (κ1) is 11.9. The third-order valence-electron chi connectivity index (χ3n) is 3.01. The van der Waals surface area contributed by atoms with Crippen LogP contribution in [-0.2, 0) is 11.2 Å². The summed E-state index contributed by atoms with van der Waals surface area (Å²) in [5.41, 5.74) is 1.20. The Kier molecular flexibility index (Phi) is 3.64. The molecule has 0 saturated heterocycles. The molecule has 2 unspecified atom stereocenters. The van der Waals surface area contributed by atoms with Crippen molar-refractivity contribution < 1.29 is 14.6 Å². The number of nitrogens with one attached hydrogen (secondary N) is 1. The van der Waals surface area contributed by atoms with Gasteiger partial charge in [0.25, 0.3) is 0 Å². The first-order chi connectivity index (χ1) is 8.20. The smallest absolute Gasteiger partial charge is 0.320 e. The molecule has 0 spiro atoms. The van der Waals surface area contributed by atoms with Gasteiger partial charge in [0.2, 0.25) is 0 Å². The Balaban J connectivity index is 1.86. The van der Waals surface area contributed by atoms with Crippen LogP contribution in [0.15, 0.2) is 24.3 Å². The van der Waals surface area contributed by atoms with Crippen molar-refractivity contribution in [3.8, 4) is 5.75 Å². The summed E-state index contributed by atoms with van der Waals surface area (Å²) in [6.07, 6.45) is 1.47. The van der Waals surface area contributed by atoms with Crippen LogP contribution in [0.25, 0.3) is 0 Å². The number of fused-ring (bicyclic) bond motifs is 1. The molecule has 4 nitrogen and oxygen atoms in total. The van der Waals surface area contributed by atoms with Crippen molar-refractivity contribution in [1.29, 1.82) is 0 Å². The summed E-state index contributed by atoms with van der Waals surface area (Å²) < 4.78 is 5.73. The summed E-state index contributed by atoms with van der Waals surface area (Å²) in [5, 5.41) is 11.9. The van der Waals surface area contributed by atoms with Gasteiger partial charge in [0.15, 0.2) is 0 Å². The molecule has 1 aromatic carbocycles. The summed E-state index contributed by atoms with van der Waals surface area (Å²) in [6.45, 7) is 2.43. The van der Waals surface area contributed by atoms with Crippen LogP contribution < -0.4 is 10.1 Å². The molecule has 4 heteroatoms. The van der Waals surface area contributed by atoms with Crippen molar-refractivity contribution in [2.45, 2.75) is 31.9 Å². The molecule has 0 bridgehead atoms. The molecule has 1 aliphatic heterocycles. The van der Waals surface area contributed by atoms with Gasteiger partial charge in [0.05, 0.1) is 0 Å². The van der Waals surface area contributed by atoms with Gasteiger partial charge >= 0.3 is 5.97 Å². The van der Waals surface area contributed by atoms with Crippen molar-refractivity contribution in [2.75, 3.05) is 6.54 Å². The van der Waals surface area contributed by atoms with E-state index in [1.54, 1.807) is 0 Å². The minimum Gasteiger partial charge on any atom is -0.488 e. The standard InChI is InChI=1S/C13H17NO3/c1-2-11(13(15)16)14-8-10-7-9-5-3-4-6-12(9)17-10/h3-6,10-11,14H,2,7-8H2,1H3,(H,15,16).